The highest BCUT2D eigenvalue weighted by molar-refractivity contribution is 5.80. The molecule has 0 atom stereocenters. The summed E-state index contributed by atoms with van der Waals surface area (Å²) < 4.78 is 121. The normalized spacial score (nSPS) is 12.5. The van der Waals surface area contributed by atoms with E-state index in [-0.39, 0.29) is 17.1 Å². The van der Waals surface area contributed by atoms with Crippen molar-refractivity contribution in [3.8, 4) is 11.5 Å². The maximum atomic E-state index is 13.4. The van der Waals surface area contributed by atoms with Crippen LogP contribution in [0.15, 0.2) is 59.7 Å². The number of hydrogen-bond donors (Lipinski definition) is 1. The number of alkyl halides is 9. The molecule has 3 aromatic rings. The molecule has 0 amide bonds. The third-order valence-electron chi connectivity index (χ3n) is 4.30. The lowest BCUT2D eigenvalue weighted by Crippen LogP contribution is -2.18. The second-order valence-electron chi connectivity index (χ2n) is 7.02. The van der Waals surface area contributed by atoms with Gasteiger partial charge in [0.1, 0.15) is 17.3 Å². The maximum Gasteiger partial charge on any atom is 0.573 e. The Morgan fingerprint density at radius 1 is 0.784 bits per heavy atom. The number of benzene rings is 2. The molecule has 3 rings (SSSR count). The molecule has 0 aliphatic heterocycles. The van der Waals surface area contributed by atoms with Crippen molar-refractivity contribution in [3.63, 3.8) is 0 Å². The van der Waals surface area contributed by atoms with Crippen molar-refractivity contribution >= 4 is 23.7 Å². The first-order chi connectivity index (χ1) is 17.1. The van der Waals surface area contributed by atoms with Crippen LogP contribution in [0.4, 0.5) is 57.0 Å². The second-order valence-corrected chi connectivity index (χ2v) is 7.02. The lowest BCUT2D eigenvalue weighted by atomic mass is 10.2. The molecule has 1 heterocycles. The molecule has 7 nitrogen and oxygen atoms in total. The van der Waals surface area contributed by atoms with Gasteiger partial charge in [0.15, 0.2) is 5.69 Å². The average Bonchev–Trinajstić information content (AvgIpc) is 2.77. The predicted octanol–water partition coefficient (Wildman–Crippen LogP) is 6.51. The minimum Gasteiger partial charge on any atom is -0.406 e. The quantitative estimate of drug-likeness (QED) is 0.210. The number of hydrazone groups is 1. The van der Waals surface area contributed by atoms with Crippen LogP contribution in [0.2, 0.25) is 0 Å². The Hall–Kier alpha value is -4.24. The van der Waals surface area contributed by atoms with Gasteiger partial charge in [-0.1, -0.05) is 0 Å². The molecule has 1 aromatic heterocycles. The van der Waals surface area contributed by atoms with Crippen LogP contribution in [0.3, 0.4) is 0 Å². The number of aromatic nitrogens is 2. The Bertz CT molecular complexity index is 1230. The van der Waals surface area contributed by atoms with Gasteiger partial charge in [-0.15, -0.1) is 26.3 Å². The van der Waals surface area contributed by atoms with Gasteiger partial charge in [-0.3, -0.25) is 0 Å². The van der Waals surface area contributed by atoms with E-state index in [9.17, 15) is 39.5 Å². The fourth-order valence-corrected chi connectivity index (χ4v) is 2.73. The topological polar surface area (TPSA) is 71.9 Å². The van der Waals surface area contributed by atoms with E-state index in [0.29, 0.717) is 6.07 Å². The van der Waals surface area contributed by atoms with E-state index in [4.69, 9.17) is 0 Å². The molecule has 0 aliphatic carbocycles. The third kappa shape index (κ3) is 8.43. The molecule has 0 radical (unpaired) electrons. The van der Waals surface area contributed by atoms with Crippen molar-refractivity contribution in [2.24, 2.45) is 5.10 Å². The highest BCUT2D eigenvalue weighted by Gasteiger charge is 2.34. The maximum absolute atomic E-state index is 13.4. The monoisotopic (exact) mass is 539 g/mol. The molecule has 16 heteroatoms. The molecule has 0 fully saturated rings. The van der Waals surface area contributed by atoms with Crippen molar-refractivity contribution in [1.82, 2.24) is 9.97 Å². The number of hydrogen-bond acceptors (Lipinski definition) is 7. The first-order valence-electron chi connectivity index (χ1n) is 9.80. The second kappa shape index (κ2) is 10.4. The molecule has 37 heavy (non-hydrogen) atoms. The summed E-state index contributed by atoms with van der Waals surface area (Å²) in [5.74, 6) is -1.87. The third-order valence-corrected chi connectivity index (χ3v) is 4.30. The number of nitrogens with zero attached hydrogens (tertiary/aromatic N) is 4. The summed E-state index contributed by atoms with van der Waals surface area (Å²) in [6.07, 6.45) is -13.6. The van der Waals surface area contributed by atoms with E-state index in [2.05, 4.69) is 30.0 Å². The minimum atomic E-state index is -4.92. The van der Waals surface area contributed by atoms with E-state index in [1.54, 1.807) is 0 Å². The number of nitrogens with one attached hydrogen (secondary N) is 1. The summed E-state index contributed by atoms with van der Waals surface area (Å²) >= 11 is 0. The van der Waals surface area contributed by atoms with Crippen LogP contribution in [-0.4, -0.2) is 36.0 Å². The summed E-state index contributed by atoms with van der Waals surface area (Å²) in [7, 11) is 1.32. The van der Waals surface area contributed by atoms with E-state index in [1.165, 1.54) is 31.3 Å². The van der Waals surface area contributed by atoms with Crippen LogP contribution in [0.25, 0.3) is 0 Å². The predicted molar refractivity (Wildman–Crippen MR) is 113 cm³/mol. The van der Waals surface area contributed by atoms with Gasteiger partial charge in [0, 0.05) is 18.8 Å². The minimum absolute atomic E-state index is 0.178. The molecule has 1 N–H and O–H groups in total. The number of ether oxygens (including phenoxy) is 2. The summed E-state index contributed by atoms with van der Waals surface area (Å²) in [6, 6.07) is 9.35. The van der Waals surface area contributed by atoms with Crippen LogP contribution < -0.4 is 19.8 Å². The fourth-order valence-electron chi connectivity index (χ4n) is 2.73. The van der Waals surface area contributed by atoms with E-state index >= 15 is 0 Å². The average molecular weight is 539 g/mol. The van der Waals surface area contributed by atoms with Crippen molar-refractivity contribution in [3.05, 3.63) is 65.9 Å². The fraction of sp³-hybridized carbons (Fsp3) is 0.190. The summed E-state index contributed by atoms with van der Waals surface area (Å²) in [5, 5.41) is 3.69. The molecule has 0 bridgehead atoms. The summed E-state index contributed by atoms with van der Waals surface area (Å²) in [5.41, 5.74) is 1.31. The highest BCUT2D eigenvalue weighted by Crippen LogP contribution is 2.33. The lowest BCUT2D eigenvalue weighted by molar-refractivity contribution is -0.275. The van der Waals surface area contributed by atoms with Crippen LogP contribution in [0.5, 0.6) is 11.5 Å². The Morgan fingerprint density at radius 2 is 1.30 bits per heavy atom. The zero-order chi connectivity index (χ0) is 27.4. The van der Waals surface area contributed by atoms with Crippen molar-refractivity contribution in [2.75, 3.05) is 17.4 Å². The number of rotatable bonds is 7. The van der Waals surface area contributed by atoms with Gasteiger partial charge < -0.3 is 14.4 Å². The van der Waals surface area contributed by atoms with E-state index in [1.807, 2.05) is 0 Å². The molecule has 0 aliphatic rings. The molecule has 0 unspecified atom stereocenters. The first-order valence-corrected chi connectivity index (χ1v) is 9.80. The Balaban J connectivity index is 1.79. The van der Waals surface area contributed by atoms with Gasteiger partial charge >= 0.3 is 18.9 Å². The zero-order valence-corrected chi connectivity index (χ0v) is 18.3. The molecular formula is C21H14F9N5O2. The molecule has 0 spiro atoms. The largest absolute Gasteiger partial charge is 0.573 e. The Morgan fingerprint density at radius 3 is 1.78 bits per heavy atom. The molecule has 0 saturated heterocycles. The van der Waals surface area contributed by atoms with E-state index < -0.39 is 42.0 Å². The van der Waals surface area contributed by atoms with Crippen LogP contribution in [0.1, 0.15) is 11.3 Å². The SMILES string of the molecule is CN(c1ccc(OC(F)(F)F)cc1)c1cc(C(F)(F)F)nc(N/N=C/c2ccc(OC(F)(F)F)cc2)n1. The lowest BCUT2D eigenvalue weighted by Gasteiger charge is -2.20. The number of halogens is 9. The standard InChI is InChI=1S/C21H14F9N5O2/c1-35(13-4-8-15(9-5-13)37-21(28,29)30)17-10-16(19(22,23)24)32-18(33-17)34-31-11-12-2-6-14(7-3-12)36-20(25,26)27/h2-11H,1H3,(H,32,33,34)/b31-11+. The highest BCUT2D eigenvalue weighted by atomic mass is 19.4. The summed E-state index contributed by atoms with van der Waals surface area (Å²) in [6.45, 7) is 0. The Kier molecular flexibility index (Phi) is 7.69. The molecular weight excluding hydrogens is 525 g/mol. The van der Waals surface area contributed by atoms with Gasteiger partial charge in [0.05, 0.1) is 6.21 Å². The molecule has 2 aromatic carbocycles. The van der Waals surface area contributed by atoms with Crippen molar-refractivity contribution in [1.29, 1.82) is 0 Å². The first kappa shape index (κ1) is 27.3. The van der Waals surface area contributed by atoms with Crippen molar-refractivity contribution < 1.29 is 49.0 Å². The summed E-state index contributed by atoms with van der Waals surface area (Å²) in [4.78, 5) is 8.42. The van der Waals surface area contributed by atoms with Gasteiger partial charge in [-0.05, 0) is 54.1 Å². The molecule has 198 valence electrons. The van der Waals surface area contributed by atoms with Gasteiger partial charge in [-0.2, -0.15) is 23.3 Å². The van der Waals surface area contributed by atoms with E-state index in [0.717, 1.165) is 35.4 Å². The van der Waals surface area contributed by atoms with Crippen molar-refractivity contribution in [2.45, 2.75) is 18.9 Å². The van der Waals surface area contributed by atoms with Gasteiger partial charge in [0.25, 0.3) is 0 Å². The van der Waals surface area contributed by atoms with Crippen LogP contribution >= 0.6 is 0 Å². The molecule has 0 saturated carbocycles. The van der Waals surface area contributed by atoms with Gasteiger partial charge in [-0.25, -0.2) is 10.4 Å². The van der Waals surface area contributed by atoms with Crippen LogP contribution in [0, 0.1) is 0 Å². The Labute approximate surface area is 202 Å². The zero-order valence-electron chi connectivity index (χ0n) is 18.3. The van der Waals surface area contributed by atoms with Gasteiger partial charge in [0.2, 0.25) is 5.95 Å². The number of anilines is 3. The van der Waals surface area contributed by atoms with Crippen LogP contribution in [-0.2, 0) is 6.18 Å². The smallest absolute Gasteiger partial charge is 0.406 e.